The molecule has 0 radical (unpaired) electrons. The van der Waals surface area contributed by atoms with Gasteiger partial charge in [-0.05, 0) is 11.5 Å². The highest BCUT2D eigenvalue weighted by Gasteiger charge is 2.35. The quantitative estimate of drug-likeness (QED) is 0.690. The molecule has 1 aromatic heterocycles. The van der Waals surface area contributed by atoms with Crippen LogP contribution in [0.15, 0.2) is 34.9 Å². The largest absolute Gasteiger partial charge is 0.376 e. The monoisotopic (exact) mass is 343 g/mol. The van der Waals surface area contributed by atoms with Gasteiger partial charge in [0.05, 0.1) is 19.1 Å². The molecule has 134 valence electrons. The van der Waals surface area contributed by atoms with Crippen molar-refractivity contribution >= 4 is 5.91 Å². The van der Waals surface area contributed by atoms with Crippen molar-refractivity contribution in [1.29, 1.82) is 0 Å². The number of nitrogens with zero attached hydrogens (tertiary/aromatic N) is 3. The van der Waals surface area contributed by atoms with Crippen LogP contribution in [0.2, 0.25) is 0 Å². The summed E-state index contributed by atoms with van der Waals surface area (Å²) in [7, 11) is 0. The molecule has 2 heterocycles. The van der Waals surface area contributed by atoms with E-state index in [-0.39, 0.29) is 11.8 Å². The lowest BCUT2D eigenvalue weighted by molar-refractivity contribution is -0.136. The van der Waals surface area contributed by atoms with Gasteiger partial charge in [-0.1, -0.05) is 49.3 Å². The number of aromatic nitrogens is 2. The number of hydrogen-bond acceptors (Lipinski definition) is 5. The van der Waals surface area contributed by atoms with E-state index < -0.39 is 0 Å². The molecule has 2 aromatic rings. The second-order valence-corrected chi connectivity index (χ2v) is 6.93. The highest BCUT2D eigenvalue weighted by Crippen LogP contribution is 2.26. The first-order chi connectivity index (χ1) is 12.1. The summed E-state index contributed by atoms with van der Waals surface area (Å²) in [5.41, 5.74) is 1.15. The van der Waals surface area contributed by atoms with Gasteiger partial charge in [0.15, 0.2) is 5.82 Å². The number of rotatable bonds is 8. The molecule has 1 aromatic carbocycles. The molecular weight excluding hydrogens is 318 g/mol. The molecule has 0 aliphatic carbocycles. The van der Waals surface area contributed by atoms with Gasteiger partial charge in [0.1, 0.15) is 0 Å². The lowest BCUT2D eigenvalue weighted by atomic mass is 9.98. The van der Waals surface area contributed by atoms with Crippen molar-refractivity contribution in [1.82, 2.24) is 15.0 Å². The summed E-state index contributed by atoms with van der Waals surface area (Å²) in [6.45, 7) is 6.60. The van der Waals surface area contributed by atoms with Crippen molar-refractivity contribution in [3.05, 3.63) is 47.6 Å². The Kier molecular flexibility index (Phi) is 5.81. The maximum Gasteiger partial charge on any atom is 0.233 e. The minimum atomic E-state index is 0.169. The molecule has 1 saturated heterocycles. The normalized spacial score (nSPS) is 14.8. The molecule has 3 rings (SSSR count). The van der Waals surface area contributed by atoms with Crippen molar-refractivity contribution in [2.24, 2.45) is 5.92 Å². The van der Waals surface area contributed by atoms with Crippen molar-refractivity contribution in [2.45, 2.75) is 39.2 Å². The summed E-state index contributed by atoms with van der Waals surface area (Å²) in [6.07, 6.45) is 1.22. The van der Waals surface area contributed by atoms with E-state index in [0.717, 1.165) is 5.56 Å². The molecule has 0 atom stereocenters. The topological polar surface area (TPSA) is 68.5 Å². The third-order valence-corrected chi connectivity index (χ3v) is 4.23. The number of amides is 1. The van der Waals surface area contributed by atoms with Crippen LogP contribution in [0.3, 0.4) is 0 Å². The van der Waals surface area contributed by atoms with E-state index in [2.05, 4.69) is 24.0 Å². The third-order valence-electron chi connectivity index (χ3n) is 4.23. The summed E-state index contributed by atoms with van der Waals surface area (Å²) >= 11 is 0. The fourth-order valence-corrected chi connectivity index (χ4v) is 2.78. The van der Waals surface area contributed by atoms with E-state index in [1.54, 1.807) is 0 Å². The van der Waals surface area contributed by atoms with Crippen LogP contribution >= 0.6 is 0 Å². The molecular formula is C19H25N3O3. The predicted molar refractivity (Wildman–Crippen MR) is 92.9 cm³/mol. The second-order valence-electron chi connectivity index (χ2n) is 6.93. The number of likely N-dealkylation sites (tertiary alicyclic amines) is 1. The van der Waals surface area contributed by atoms with Crippen molar-refractivity contribution in [3.8, 4) is 0 Å². The van der Waals surface area contributed by atoms with Crippen LogP contribution in [0.1, 0.15) is 43.5 Å². The predicted octanol–water partition coefficient (Wildman–Crippen LogP) is 2.80. The Balaban J connectivity index is 1.38. The molecule has 1 amide bonds. The summed E-state index contributed by atoms with van der Waals surface area (Å²) in [4.78, 5) is 18.2. The van der Waals surface area contributed by atoms with E-state index in [1.165, 1.54) is 0 Å². The molecule has 1 aliphatic rings. The number of carbonyl (C=O) groups is 1. The van der Waals surface area contributed by atoms with E-state index in [4.69, 9.17) is 9.26 Å². The van der Waals surface area contributed by atoms with Crippen LogP contribution < -0.4 is 0 Å². The fourth-order valence-electron chi connectivity index (χ4n) is 2.78. The summed E-state index contributed by atoms with van der Waals surface area (Å²) in [6, 6.07) is 10.1. The fraction of sp³-hybridized carbons (Fsp3) is 0.526. The Morgan fingerprint density at radius 3 is 2.80 bits per heavy atom. The Morgan fingerprint density at radius 2 is 2.08 bits per heavy atom. The van der Waals surface area contributed by atoms with Crippen molar-refractivity contribution in [2.75, 3.05) is 19.7 Å². The van der Waals surface area contributed by atoms with Crippen LogP contribution in [0.5, 0.6) is 0 Å². The smallest absolute Gasteiger partial charge is 0.233 e. The van der Waals surface area contributed by atoms with Crippen LogP contribution in [0.4, 0.5) is 0 Å². The molecule has 25 heavy (non-hydrogen) atoms. The number of ether oxygens (including phenoxy) is 1. The average molecular weight is 343 g/mol. The van der Waals surface area contributed by atoms with E-state index in [1.807, 2.05) is 35.2 Å². The first kappa shape index (κ1) is 17.6. The summed E-state index contributed by atoms with van der Waals surface area (Å²) in [5, 5.41) is 4.01. The molecule has 1 fully saturated rings. The number of hydrogen-bond donors (Lipinski definition) is 0. The van der Waals surface area contributed by atoms with Crippen LogP contribution in [0.25, 0.3) is 0 Å². The van der Waals surface area contributed by atoms with Crippen molar-refractivity contribution in [3.63, 3.8) is 0 Å². The minimum absolute atomic E-state index is 0.169. The third kappa shape index (κ3) is 4.89. The second kappa shape index (κ2) is 8.25. The van der Waals surface area contributed by atoms with Crippen LogP contribution in [-0.2, 0) is 22.6 Å². The summed E-state index contributed by atoms with van der Waals surface area (Å²) in [5.74, 6) is 2.06. The molecule has 6 heteroatoms. The van der Waals surface area contributed by atoms with Crippen LogP contribution in [0, 0.1) is 5.92 Å². The maximum atomic E-state index is 12.0. The Labute approximate surface area is 148 Å². The molecule has 6 nitrogen and oxygen atoms in total. The molecule has 0 unspecified atom stereocenters. The molecule has 0 bridgehead atoms. The van der Waals surface area contributed by atoms with Gasteiger partial charge in [0.25, 0.3) is 0 Å². The van der Waals surface area contributed by atoms with Gasteiger partial charge in [0, 0.05) is 25.9 Å². The van der Waals surface area contributed by atoms with Gasteiger partial charge in [-0.3, -0.25) is 4.79 Å². The molecule has 0 N–H and O–H groups in total. The van der Waals surface area contributed by atoms with Gasteiger partial charge >= 0.3 is 0 Å². The zero-order valence-electron chi connectivity index (χ0n) is 14.9. The zero-order valence-corrected chi connectivity index (χ0v) is 14.9. The molecule has 0 saturated carbocycles. The van der Waals surface area contributed by atoms with Crippen LogP contribution in [-0.4, -0.2) is 40.6 Å². The standard InChI is InChI=1S/C19H25N3O3/c1-14(2)10-18(23)22-11-16(12-22)19-20-17(21-25-19)8-9-24-13-15-6-4-3-5-7-15/h3-7,14,16H,8-13H2,1-2H3. The SMILES string of the molecule is CC(C)CC(=O)N1CC(c2nc(CCOCc3ccccc3)no2)C1. The summed E-state index contributed by atoms with van der Waals surface area (Å²) < 4.78 is 11.0. The van der Waals surface area contributed by atoms with Crippen molar-refractivity contribution < 1.29 is 14.1 Å². The highest BCUT2D eigenvalue weighted by molar-refractivity contribution is 5.77. The molecule has 0 spiro atoms. The first-order valence-electron chi connectivity index (χ1n) is 8.83. The lowest BCUT2D eigenvalue weighted by Crippen LogP contribution is -2.48. The maximum absolute atomic E-state index is 12.0. The Bertz CT molecular complexity index is 678. The van der Waals surface area contributed by atoms with E-state index >= 15 is 0 Å². The van der Waals surface area contributed by atoms with Gasteiger partial charge in [-0.15, -0.1) is 0 Å². The van der Waals surface area contributed by atoms with Gasteiger partial charge < -0.3 is 14.2 Å². The van der Waals surface area contributed by atoms with E-state index in [9.17, 15) is 4.79 Å². The minimum Gasteiger partial charge on any atom is -0.376 e. The van der Waals surface area contributed by atoms with Gasteiger partial charge in [-0.2, -0.15) is 4.98 Å². The lowest BCUT2D eigenvalue weighted by Gasteiger charge is -2.37. The van der Waals surface area contributed by atoms with Gasteiger partial charge in [0.2, 0.25) is 11.8 Å². The number of carbonyl (C=O) groups excluding carboxylic acids is 1. The average Bonchev–Trinajstić information content (AvgIpc) is 2.99. The molecule has 1 aliphatic heterocycles. The Morgan fingerprint density at radius 1 is 1.32 bits per heavy atom. The Hall–Kier alpha value is -2.21. The number of benzene rings is 1. The highest BCUT2D eigenvalue weighted by atomic mass is 16.5. The first-order valence-corrected chi connectivity index (χ1v) is 8.83. The van der Waals surface area contributed by atoms with E-state index in [0.29, 0.717) is 56.8 Å². The zero-order chi connectivity index (χ0) is 17.6. The van der Waals surface area contributed by atoms with Gasteiger partial charge in [-0.25, -0.2) is 0 Å².